The van der Waals surface area contributed by atoms with E-state index in [0.29, 0.717) is 23.2 Å². The third-order valence-corrected chi connectivity index (χ3v) is 6.77. The van der Waals surface area contributed by atoms with Gasteiger partial charge in [-0.1, -0.05) is 48.5 Å². The topological polar surface area (TPSA) is 78.7 Å². The van der Waals surface area contributed by atoms with Crippen LogP contribution in [0, 0.1) is 0 Å². The monoisotopic (exact) mass is 529 g/mol. The average molecular weight is 530 g/mol. The Morgan fingerprint density at radius 1 is 1.05 bits per heavy atom. The Hall–Kier alpha value is -3.70. The van der Waals surface area contributed by atoms with E-state index >= 15 is 0 Å². The lowest BCUT2D eigenvalue weighted by Gasteiger charge is -2.13. The molecule has 4 aromatic rings. The Morgan fingerprint density at radius 2 is 1.81 bits per heavy atom. The number of nitrogens with zero attached hydrogens (tertiary/aromatic N) is 4. The predicted molar refractivity (Wildman–Crippen MR) is 135 cm³/mol. The molecule has 2 aromatic heterocycles. The molecule has 192 valence electrons. The Balaban J connectivity index is 1.64. The number of aromatic nitrogens is 4. The van der Waals surface area contributed by atoms with Gasteiger partial charge in [0.1, 0.15) is 12.0 Å². The number of nitrogens with two attached hydrogens (primary N) is 1. The van der Waals surface area contributed by atoms with Crippen molar-refractivity contribution >= 4 is 11.8 Å². The lowest BCUT2D eigenvalue weighted by Crippen LogP contribution is -2.27. The van der Waals surface area contributed by atoms with E-state index in [2.05, 4.69) is 10.1 Å². The van der Waals surface area contributed by atoms with Crippen molar-refractivity contribution in [3.63, 3.8) is 0 Å². The molecule has 0 saturated carbocycles. The van der Waals surface area contributed by atoms with Gasteiger partial charge in [0.25, 0.3) is 0 Å². The molecule has 2 aromatic carbocycles. The van der Waals surface area contributed by atoms with E-state index in [1.807, 2.05) is 42.5 Å². The molecule has 37 heavy (non-hydrogen) atoms. The van der Waals surface area contributed by atoms with E-state index in [-0.39, 0.29) is 25.2 Å². The van der Waals surface area contributed by atoms with Crippen LogP contribution in [-0.4, -0.2) is 25.9 Å². The third-order valence-electron chi connectivity index (χ3n) is 5.60. The Bertz CT molecular complexity index is 1430. The summed E-state index contributed by atoms with van der Waals surface area (Å²) in [5, 5.41) is 4.06. The quantitative estimate of drug-likeness (QED) is 0.236. The molecule has 0 radical (unpaired) electrons. The normalized spacial score (nSPS) is 12.2. The van der Waals surface area contributed by atoms with E-state index in [1.54, 1.807) is 17.8 Å². The number of rotatable bonds is 9. The van der Waals surface area contributed by atoms with Crippen LogP contribution in [-0.2, 0) is 25.0 Å². The van der Waals surface area contributed by atoms with Crippen molar-refractivity contribution in [2.24, 2.45) is 5.73 Å². The van der Waals surface area contributed by atoms with Crippen LogP contribution >= 0.6 is 11.8 Å². The summed E-state index contributed by atoms with van der Waals surface area (Å²) in [7, 11) is 0. The second-order valence-corrected chi connectivity index (χ2v) is 9.21. The van der Waals surface area contributed by atoms with E-state index in [1.165, 1.54) is 23.2 Å². The third kappa shape index (κ3) is 6.55. The predicted octanol–water partition coefficient (Wildman–Crippen LogP) is 5.28. The largest absolute Gasteiger partial charge is 0.433 e. The number of hydrogen-bond acceptors (Lipinski definition) is 5. The van der Waals surface area contributed by atoms with Crippen molar-refractivity contribution in [1.82, 2.24) is 19.3 Å². The highest BCUT2D eigenvalue weighted by Gasteiger charge is 2.32. The summed E-state index contributed by atoms with van der Waals surface area (Å²) in [4.78, 5) is 17.2. The zero-order chi connectivity index (χ0) is 26.4. The Kier molecular flexibility index (Phi) is 8.24. The molecule has 0 saturated heterocycles. The SMILES string of the molecule is NC/C(=C\F)Cn1ncn(Cc2ccc(-c3ccc(C(F)(F)F)nc3)cc2SCc2ccccc2)c1=O. The molecule has 2 N–H and O–H groups in total. The van der Waals surface area contributed by atoms with Crippen molar-refractivity contribution < 1.29 is 17.6 Å². The smallest absolute Gasteiger partial charge is 0.327 e. The molecule has 0 bridgehead atoms. The van der Waals surface area contributed by atoms with Gasteiger partial charge in [0.2, 0.25) is 0 Å². The zero-order valence-electron chi connectivity index (χ0n) is 19.5. The molecule has 0 aliphatic heterocycles. The first-order valence-electron chi connectivity index (χ1n) is 11.2. The van der Waals surface area contributed by atoms with Gasteiger partial charge in [-0.2, -0.15) is 18.3 Å². The number of pyridine rings is 1. The zero-order valence-corrected chi connectivity index (χ0v) is 20.3. The lowest BCUT2D eigenvalue weighted by atomic mass is 10.0. The van der Waals surface area contributed by atoms with Gasteiger partial charge in [0.05, 0.1) is 19.4 Å². The molecule has 2 heterocycles. The molecule has 0 aliphatic rings. The van der Waals surface area contributed by atoms with Gasteiger partial charge >= 0.3 is 11.9 Å². The van der Waals surface area contributed by atoms with E-state index in [9.17, 15) is 22.4 Å². The summed E-state index contributed by atoms with van der Waals surface area (Å²) in [6.07, 6.45) is -1.56. The fourth-order valence-corrected chi connectivity index (χ4v) is 4.62. The molecular weight excluding hydrogens is 506 g/mol. The first-order chi connectivity index (χ1) is 17.8. The van der Waals surface area contributed by atoms with Crippen molar-refractivity contribution in [3.8, 4) is 11.1 Å². The maximum absolute atomic E-state index is 12.9. The first-order valence-corrected chi connectivity index (χ1v) is 12.2. The number of alkyl halides is 3. The number of hydrogen-bond donors (Lipinski definition) is 1. The van der Waals surface area contributed by atoms with Crippen molar-refractivity contribution in [1.29, 1.82) is 0 Å². The van der Waals surface area contributed by atoms with Crippen molar-refractivity contribution in [3.05, 3.63) is 112 Å². The minimum absolute atomic E-state index is 0.0314. The van der Waals surface area contributed by atoms with Crippen molar-refractivity contribution in [2.45, 2.75) is 29.9 Å². The summed E-state index contributed by atoms with van der Waals surface area (Å²) < 4.78 is 54.2. The first kappa shape index (κ1) is 26.4. The lowest BCUT2D eigenvalue weighted by molar-refractivity contribution is -0.141. The van der Waals surface area contributed by atoms with Crippen LogP contribution in [0.2, 0.25) is 0 Å². The number of benzene rings is 2. The second-order valence-electron chi connectivity index (χ2n) is 8.20. The van der Waals surface area contributed by atoms with Gasteiger partial charge < -0.3 is 5.73 Å². The fraction of sp³-hybridized carbons (Fsp3) is 0.192. The highest BCUT2D eigenvalue weighted by Crippen LogP contribution is 2.33. The van der Waals surface area contributed by atoms with E-state index in [4.69, 9.17) is 5.73 Å². The van der Waals surface area contributed by atoms with Crippen LogP contribution in [0.5, 0.6) is 0 Å². The van der Waals surface area contributed by atoms with Crippen LogP contribution in [0.15, 0.2) is 94.8 Å². The molecule has 6 nitrogen and oxygen atoms in total. The summed E-state index contributed by atoms with van der Waals surface area (Å²) in [5.41, 5.74) is 7.51. The highest BCUT2D eigenvalue weighted by atomic mass is 32.2. The summed E-state index contributed by atoms with van der Waals surface area (Å²) in [5.74, 6) is 0.651. The molecule has 4 rings (SSSR count). The second kappa shape index (κ2) is 11.6. The maximum atomic E-state index is 12.9. The molecule has 0 atom stereocenters. The molecule has 0 amide bonds. The van der Waals surface area contributed by atoms with Crippen LogP contribution in [0.3, 0.4) is 0 Å². The minimum atomic E-state index is -4.51. The fourth-order valence-electron chi connectivity index (χ4n) is 3.57. The molecular formula is C26H23F4N5OS. The standard InChI is InChI=1S/C26H23F4N5OS/c27-11-19(12-31)14-35-25(36)34(17-33-35)15-22-7-6-20(21-8-9-24(32-13-21)26(28,29)30)10-23(22)37-16-18-4-2-1-3-5-18/h1-11,13,17H,12,14-16,31H2/b19-11+. The summed E-state index contributed by atoms with van der Waals surface area (Å²) in [6.45, 7) is 0.128. The average Bonchev–Trinajstić information content (AvgIpc) is 3.25. The molecule has 0 spiro atoms. The van der Waals surface area contributed by atoms with E-state index < -0.39 is 17.6 Å². The summed E-state index contributed by atoms with van der Waals surface area (Å²) in [6, 6.07) is 17.6. The van der Waals surface area contributed by atoms with Crippen LogP contribution in [0.25, 0.3) is 11.1 Å². The van der Waals surface area contributed by atoms with Gasteiger partial charge in [-0.3, -0.25) is 9.55 Å². The van der Waals surface area contributed by atoms with Crippen LogP contribution in [0.1, 0.15) is 16.8 Å². The van der Waals surface area contributed by atoms with Gasteiger partial charge in [-0.05, 0) is 34.4 Å². The van der Waals surface area contributed by atoms with Gasteiger partial charge in [0, 0.05) is 29.0 Å². The van der Waals surface area contributed by atoms with Gasteiger partial charge in [-0.15, -0.1) is 11.8 Å². The Morgan fingerprint density at radius 3 is 2.46 bits per heavy atom. The molecule has 0 aliphatic carbocycles. The van der Waals surface area contributed by atoms with Gasteiger partial charge in [0.15, 0.2) is 0 Å². The van der Waals surface area contributed by atoms with Crippen molar-refractivity contribution in [2.75, 3.05) is 6.54 Å². The minimum Gasteiger partial charge on any atom is -0.327 e. The van der Waals surface area contributed by atoms with E-state index in [0.717, 1.165) is 26.8 Å². The maximum Gasteiger partial charge on any atom is 0.433 e. The molecule has 11 heteroatoms. The van der Waals surface area contributed by atoms with Gasteiger partial charge in [-0.25, -0.2) is 13.9 Å². The molecule has 0 unspecified atom stereocenters. The van der Waals surface area contributed by atoms with Crippen LogP contribution < -0.4 is 11.4 Å². The summed E-state index contributed by atoms with van der Waals surface area (Å²) >= 11 is 1.55. The highest BCUT2D eigenvalue weighted by molar-refractivity contribution is 7.98. The number of halogens is 4. The van der Waals surface area contributed by atoms with Crippen LogP contribution in [0.4, 0.5) is 17.6 Å². The Labute approximate surface area is 214 Å². The molecule has 0 fully saturated rings. The number of thioether (sulfide) groups is 1.